The van der Waals surface area contributed by atoms with Crippen LogP contribution in [0.2, 0.25) is 0 Å². The van der Waals surface area contributed by atoms with Crippen molar-refractivity contribution in [3.05, 3.63) is 48.3 Å². The second-order valence-corrected chi connectivity index (χ2v) is 3.84. The molecule has 16 heavy (non-hydrogen) atoms. The number of benzene rings is 1. The van der Waals surface area contributed by atoms with E-state index in [1.54, 1.807) is 24.5 Å². The van der Waals surface area contributed by atoms with Crippen LogP contribution in [0.5, 0.6) is 5.75 Å². The lowest BCUT2D eigenvalue weighted by Crippen LogP contribution is -2.05. The molecule has 1 heterocycles. The highest BCUT2D eigenvalue weighted by Gasteiger charge is 2.03. The first-order chi connectivity index (χ1) is 7.66. The third kappa shape index (κ3) is 2.20. The van der Waals surface area contributed by atoms with Crippen LogP contribution in [-0.4, -0.2) is 10.1 Å². The van der Waals surface area contributed by atoms with E-state index in [1.165, 1.54) is 0 Å². The smallest absolute Gasteiger partial charge is 0.115 e. The standard InChI is InChI=1S/C13H14N2O/c1-9(14)11-6-12(8-15-7-11)10-2-4-13(16)5-3-10/h2-9,16H,14H2,1H3. The third-order valence-corrected chi connectivity index (χ3v) is 2.49. The van der Waals surface area contributed by atoms with Crippen molar-refractivity contribution in [3.63, 3.8) is 0 Å². The number of aromatic hydroxyl groups is 1. The van der Waals surface area contributed by atoms with E-state index in [-0.39, 0.29) is 11.8 Å². The second kappa shape index (κ2) is 4.33. The quantitative estimate of drug-likeness (QED) is 0.807. The van der Waals surface area contributed by atoms with E-state index < -0.39 is 0 Å². The van der Waals surface area contributed by atoms with Crippen molar-refractivity contribution in [1.82, 2.24) is 4.98 Å². The summed E-state index contributed by atoms with van der Waals surface area (Å²) < 4.78 is 0. The molecule has 0 saturated carbocycles. The number of pyridine rings is 1. The average molecular weight is 214 g/mol. The van der Waals surface area contributed by atoms with Gasteiger partial charge in [0.2, 0.25) is 0 Å². The van der Waals surface area contributed by atoms with Crippen LogP contribution in [-0.2, 0) is 0 Å². The number of rotatable bonds is 2. The van der Waals surface area contributed by atoms with Gasteiger partial charge in [0.1, 0.15) is 5.75 Å². The molecule has 0 radical (unpaired) electrons. The highest BCUT2D eigenvalue weighted by atomic mass is 16.3. The number of phenolic OH excluding ortho intramolecular Hbond substituents is 1. The first-order valence-corrected chi connectivity index (χ1v) is 5.17. The highest BCUT2D eigenvalue weighted by molar-refractivity contribution is 5.63. The largest absolute Gasteiger partial charge is 0.508 e. The first kappa shape index (κ1) is 10.6. The van der Waals surface area contributed by atoms with E-state index >= 15 is 0 Å². The topological polar surface area (TPSA) is 59.1 Å². The molecule has 0 aliphatic rings. The SMILES string of the molecule is CC(N)c1cncc(-c2ccc(O)cc2)c1. The Kier molecular flexibility index (Phi) is 2.88. The fourth-order valence-corrected chi connectivity index (χ4v) is 1.52. The summed E-state index contributed by atoms with van der Waals surface area (Å²) in [6.07, 6.45) is 3.56. The maximum Gasteiger partial charge on any atom is 0.115 e. The molecule has 0 aliphatic carbocycles. The molecule has 2 rings (SSSR count). The van der Waals surface area contributed by atoms with Crippen LogP contribution >= 0.6 is 0 Å². The lowest BCUT2D eigenvalue weighted by atomic mass is 10.0. The van der Waals surface area contributed by atoms with Crippen molar-refractivity contribution in [1.29, 1.82) is 0 Å². The van der Waals surface area contributed by atoms with Crippen molar-refractivity contribution in [3.8, 4) is 16.9 Å². The fraction of sp³-hybridized carbons (Fsp3) is 0.154. The highest BCUT2D eigenvalue weighted by Crippen LogP contribution is 2.23. The molecule has 1 atom stereocenters. The molecule has 0 saturated heterocycles. The number of aromatic nitrogens is 1. The van der Waals surface area contributed by atoms with E-state index in [9.17, 15) is 5.11 Å². The number of hydrogen-bond acceptors (Lipinski definition) is 3. The van der Waals surface area contributed by atoms with Crippen molar-refractivity contribution in [2.24, 2.45) is 5.73 Å². The molecule has 2 aromatic rings. The number of hydrogen-bond donors (Lipinski definition) is 2. The van der Waals surface area contributed by atoms with Crippen LogP contribution in [0.4, 0.5) is 0 Å². The van der Waals surface area contributed by atoms with Crippen molar-refractivity contribution in [2.45, 2.75) is 13.0 Å². The summed E-state index contributed by atoms with van der Waals surface area (Å²) in [7, 11) is 0. The van der Waals surface area contributed by atoms with Crippen molar-refractivity contribution >= 4 is 0 Å². The van der Waals surface area contributed by atoms with E-state index in [2.05, 4.69) is 4.98 Å². The van der Waals surface area contributed by atoms with E-state index in [0.29, 0.717) is 0 Å². The Labute approximate surface area is 94.6 Å². The molecule has 1 aromatic carbocycles. The summed E-state index contributed by atoms with van der Waals surface area (Å²) in [4.78, 5) is 4.16. The van der Waals surface area contributed by atoms with Crippen LogP contribution in [0.15, 0.2) is 42.7 Å². The molecule has 0 spiro atoms. The van der Waals surface area contributed by atoms with Gasteiger partial charge in [0.05, 0.1) is 0 Å². The summed E-state index contributed by atoms with van der Waals surface area (Å²) in [6.45, 7) is 1.93. The minimum Gasteiger partial charge on any atom is -0.508 e. The molecule has 1 aromatic heterocycles. The Morgan fingerprint density at radius 3 is 2.44 bits per heavy atom. The van der Waals surface area contributed by atoms with Gasteiger partial charge in [-0.05, 0) is 36.2 Å². The van der Waals surface area contributed by atoms with Gasteiger partial charge in [-0.25, -0.2) is 0 Å². The van der Waals surface area contributed by atoms with Crippen LogP contribution in [0.25, 0.3) is 11.1 Å². The number of nitrogens with zero attached hydrogens (tertiary/aromatic N) is 1. The number of phenols is 1. The zero-order chi connectivity index (χ0) is 11.5. The molecule has 0 bridgehead atoms. The maximum absolute atomic E-state index is 9.21. The summed E-state index contributed by atoms with van der Waals surface area (Å²) in [6, 6.07) is 9.03. The summed E-state index contributed by atoms with van der Waals surface area (Å²) in [5.74, 6) is 0.264. The van der Waals surface area contributed by atoms with Gasteiger partial charge in [0.25, 0.3) is 0 Å². The summed E-state index contributed by atoms with van der Waals surface area (Å²) >= 11 is 0. The normalized spacial score (nSPS) is 12.4. The van der Waals surface area contributed by atoms with Gasteiger partial charge >= 0.3 is 0 Å². The minimum atomic E-state index is -0.0236. The molecule has 3 N–H and O–H groups in total. The van der Waals surface area contributed by atoms with Gasteiger partial charge < -0.3 is 10.8 Å². The fourth-order valence-electron chi connectivity index (χ4n) is 1.52. The molecular formula is C13H14N2O. The van der Waals surface area contributed by atoms with Gasteiger partial charge in [-0.3, -0.25) is 4.98 Å². The molecule has 3 nitrogen and oxygen atoms in total. The van der Waals surface area contributed by atoms with Crippen LogP contribution in [0.1, 0.15) is 18.5 Å². The Morgan fingerprint density at radius 1 is 1.12 bits per heavy atom. The zero-order valence-electron chi connectivity index (χ0n) is 9.09. The molecule has 0 fully saturated rings. The minimum absolute atomic E-state index is 0.0236. The van der Waals surface area contributed by atoms with E-state index in [4.69, 9.17) is 5.73 Å². The van der Waals surface area contributed by atoms with Gasteiger partial charge in [0.15, 0.2) is 0 Å². The van der Waals surface area contributed by atoms with Gasteiger partial charge in [-0.15, -0.1) is 0 Å². The Balaban J connectivity index is 2.40. The Bertz CT molecular complexity index is 478. The Hall–Kier alpha value is -1.87. The van der Waals surface area contributed by atoms with Crippen LogP contribution < -0.4 is 5.73 Å². The van der Waals surface area contributed by atoms with E-state index in [0.717, 1.165) is 16.7 Å². The summed E-state index contributed by atoms with van der Waals surface area (Å²) in [5, 5.41) is 9.21. The zero-order valence-corrected chi connectivity index (χ0v) is 9.09. The Morgan fingerprint density at radius 2 is 1.81 bits per heavy atom. The predicted molar refractivity (Wildman–Crippen MR) is 63.9 cm³/mol. The molecule has 1 unspecified atom stereocenters. The monoisotopic (exact) mass is 214 g/mol. The first-order valence-electron chi connectivity index (χ1n) is 5.17. The van der Waals surface area contributed by atoms with E-state index in [1.807, 2.05) is 25.1 Å². The lowest BCUT2D eigenvalue weighted by Gasteiger charge is -2.07. The van der Waals surface area contributed by atoms with Crippen molar-refractivity contribution < 1.29 is 5.11 Å². The van der Waals surface area contributed by atoms with Gasteiger partial charge in [0, 0.05) is 24.0 Å². The molecule has 82 valence electrons. The van der Waals surface area contributed by atoms with Gasteiger partial charge in [-0.1, -0.05) is 12.1 Å². The summed E-state index contributed by atoms with van der Waals surface area (Å²) in [5.41, 5.74) is 8.84. The second-order valence-electron chi connectivity index (χ2n) is 3.84. The predicted octanol–water partition coefficient (Wildman–Crippen LogP) is 2.47. The van der Waals surface area contributed by atoms with Gasteiger partial charge in [-0.2, -0.15) is 0 Å². The molecule has 0 aliphatic heterocycles. The average Bonchev–Trinajstić information content (AvgIpc) is 2.30. The van der Waals surface area contributed by atoms with Crippen LogP contribution in [0, 0.1) is 0 Å². The maximum atomic E-state index is 9.21. The molecular weight excluding hydrogens is 200 g/mol. The lowest BCUT2D eigenvalue weighted by molar-refractivity contribution is 0.475. The number of nitrogens with two attached hydrogens (primary N) is 1. The van der Waals surface area contributed by atoms with Crippen molar-refractivity contribution in [2.75, 3.05) is 0 Å². The molecule has 3 heteroatoms. The third-order valence-electron chi connectivity index (χ3n) is 2.49. The molecule has 0 amide bonds. The van der Waals surface area contributed by atoms with Crippen LogP contribution in [0.3, 0.4) is 0 Å².